The van der Waals surface area contributed by atoms with E-state index in [0.29, 0.717) is 5.69 Å². The van der Waals surface area contributed by atoms with E-state index in [1.54, 1.807) is 0 Å². The minimum Gasteiger partial charge on any atom is -0.452 e. The minimum atomic E-state index is -0.701. The molecule has 7 nitrogen and oxygen atoms in total. The first-order chi connectivity index (χ1) is 14.5. The summed E-state index contributed by atoms with van der Waals surface area (Å²) in [6.45, 7) is -0.420. The molecule has 0 fully saturated rings. The molecule has 0 unspecified atom stereocenters. The molecule has 0 aliphatic rings. The van der Waals surface area contributed by atoms with Gasteiger partial charge < -0.3 is 21.1 Å². The Morgan fingerprint density at radius 1 is 0.800 bits per heavy atom. The molecule has 3 amide bonds. The van der Waals surface area contributed by atoms with E-state index >= 15 is 0 Å². The molecular weight excluding hydrogens is 382 g/mol. The van der Waals surface area contributed by atoms with Gasteiger partial charge in [0.15, 0.2) is 6.61 Å². The second-order valence-corrected chi connectivity index (χ2v) is 6.46. The fraction of sp³-hybridized carbons (Fsp3) is 0.0870. The zero-order chi connectivity index (χ0) is 21.3. The summed E-state index contributed by atoms with van der Waals surface area (Å²) in [4.78, 5) is 35.5. The van der Waals surface area contributed by atoms with Crippen molar-refractivity contribution in [2.45, 2.75) is 6.04 Å². The molecule has 152 valence electrons. The molecule has 0 heterocycles. The highest BCUT2D eigenvalue weighted by Gasteiger charge is 2.18. The summed E-state index contributed by atoms with van der Waals surface area (Å²) in [6.07, 6.45) is 0. The summed E-state index contributed by atoms with van der Waals surface area (Å²) < 4.78 is 5.12. The lowest BCUT2D eigenvalue weighted by Gasteiger charge is -2.20. The van der Waals surface area contributed by atoms with Gasteiger partial charge in [-0.05, 0) is 35.4 Å². The molecule has 3 aromatic carbocycles. The zero-order valence-corrected chi connectivity index (χ0v) is 16.1. The number of amides is 3. The highest BCUT2D eigenvalue weighted by atomic mass is 16.5. The Hall–Kier alpha value is -4.13. The van der Waals surface area contributed by atoms with E-state index in [0.717, 1.165) is 11.1 Å². The van der Waals surface area contributed by atoms with Crippen molar-refractivity contribution in [3.05, 3.63) is 102 Å². The van der Waals surface area contributed by atoms with Gasteiger partial charge in [0.2, 0.25) is 0 Å². The molecule has 7 heteroatoms. The maximum atomic E-state index is 12.5. The van der Waals surface area contributed by atoms with Crippen molar-refractivity contribution >= 4 is 23.6 Å². The van der Waals surface area contributed by atoms with Gasteiger partial charge in [-0.1, -0.05) is 60.7 Å². The molecule has 0 aliphatic carbocycles. The summed E-state index contributed by atoms with van der Waals surface area (Å²) in [5.41, 5.74) is 7.58. The number of benzene rings is 3. The Morgan fingerprint density at radius 3 is 1.83 bits per heavy atom. The molecule has 4 N–H and O–H groups in total. The molecule has 3 aromatic rings. The van der Waals surface area contributed by atoms with Crippen LogP contribution >= 0.6 is 0 Å². The lowest BCUT2D eigenvalue weighted by atomic mass is 9.99. The second kappa shape index (κ2) is 9.88. The zero-order valence-electron chi connectivity index (χ0n) is 16.1. The third-order valence-corrected chi connectivity index (χ3v) is 4.29. The summed E-state index contributed by atoms with van der Waals surface area (Å²) >= 11 is 0. The normalized spacial score (nSPS) is 10.3. The molecule has 0 aromatic heterocycles. The number of esters is 1. The van der Waals surface area contributed by atoms with Crippen molar-refractivity contribution in [3.8, 4) is 0 Å². The number of carbonyl (C=O) groups excluding carboxylic acids is 3. The summed E-state index contributed by atoms with van der Waals surface area (Å²) in [6, 6.07) is 24.0. The number of anilines is 1. The van der Waals surface area contributed by atoms with Gasteiger partial charge in [0.25, 0.3) is 5.91 Å². The van der Waals surface area contributed by atoms with Crippen LogP contribution in [0.3, 0.4) is 0 Å². The van der Waals surface area contributed by atoms with Crippen LogP contribution in [-0.2, 0) is 9.53 Å². The Kier molecular flexibility index (Phi) is 6.78. The maximum Gasteiger partial charge on any atom is 0.338 e. The minimum absolute atomic E-state index is 0.250. The predicted molar refractivity (Wildman–Crippen MR) is 113 cm³/mol. The lowest BCUT2D eigenvalue weighted by Crippen LogP contribution is -2.33. The van der Waals surface area contributed by atoms with Gasteiger partial charge in [0.1, 0.15) is 0 Å². The smallest absolute Gasteiger partial charge is 0.338 e. The quantitative estimate of drug-likeness (QED) is 0.526. The maximum absolute atomic E-state index is 12.5. The Morgan fingerprint density at radius 2 is 1.33 bits per heavy atom. The van der Waals surface area contributed by atoms with E-state index in [1.807, 2.05) is 60.7 Å². The SMILES string of the molecule is NC(=O)Nc1ccc(C(=O)OCC(=O)NC(c2ccccc2)c2ccccc2)cc1. The fourth-order valence-corrected chi connectivity index (χ4v) is 2.90. The van der Waals surface area contributed by atoms with E-state index in [1.165, 1.54) is 24.3 Å². The predicted octanol–water partition coefficient (Wildman–Crippen LogP) is 3.24. The number of rotatable bonds is 7. The van der Waals surface area contributed by atoms with Gasteiger partial charge in [-0.15, -0.1) is 0 Å². The van der Waals surface area contributed by atoms with E-state index < -0.39 is 24.5 Å². The Bertz CT molecular complexity index is 966. The van der Waals surface area contributed by atoms with Gasteiger partial charge in [-0.2, -0.15) is 0 Å². The van der Waals surface area contributed by atoms with Crippen LogP contribution in [0, 0.1) is 0 Å². The van der Waals surface area contributed by atoms with Crippen LogP contribution in [0.4, 0.5) is 10.5 Å². The molecule has 0 radical (unpaired) electrons. The largest absolute Gasteiger partial charge is 0.452 e. The summed E-state index contributed by atoms with van der Waals surface area (Å²) in [5.74, 6) is -1.07. The van der Waals surface area contributed by atoms with Crippen LogP contribution in [0.1, 0.15) is 27.5 Å². The summed E-state index contributed by atoms with van der Waals surface area (Å²) in [5, 5.41) is 5.31. The number of hydrogen-bond acceptors (Lipinski definition) is 4. The van der Waals surface area contributed by atoms with Crippen LogP contribution in [0.5, 0.6) is 0 Å². The van der Waals surface area contributed by atoms with E-state index in [2.05, 4.69) is 10.6 Å². The van der Waals surface area contributed by atoms with Crippen molar-refractivity contribution < 1.29 is 19.1 Å². The molecule has 30 heavy (non-hydrogen) atoms. The lowest BCUT2D eigenvalue weighted by molar-refractivity contribution is -0.124. The van der Waals surface area contributed by atoms with Gasteiger partial charge in [0, 0.05) is 5.69 Å². The van der Waals surface area contributed by atoms with E-state index in [4.69, 9.17) is 10.5 Å². The monoisotopic (exact) mass is 403 g/mol. The molecule has 0 aliphatic heterocycles. The Labute approximate surface area is 173 Å². The fourth-order valence-electron chi connectivity index (χ4n) is 2.90. The summed E-state index contributed by atoms with van der Waals surface area (Å²) in [7, 11) is 0. The molecule has 0 atom stereocenters. The van der Waals surface area contributed by atoms with Crippen LogP contribution in [-0.4, -0.2) is 24.5 Å². The number of nitrogens with one attached hydrogen (secondary N) is 2. The first-order valence-electron chi connectivity index (χ1n) is 9.26. The molecule has 0 bridgehead atoms. The van der Waals surface area contributed by atoms with E-state index in [-0.39, 0.29) is 11.6 Å². The third kappa shape index (κ3) is 5.68. The van der Waals surface area contributed by atoms with Gasteiger partial charge >= 0.3 is 12.0 Å². The number of primary amides is 1. The van der Waals surface area contributed by atoms with Gasteiger partial charge in [0.05, 0.1) is 11.6 Å². The van der Waals surface area contributed by atoms with Gasteiger partial charge in [-0.25, -0.2) is 9.59 Å². The Balaban J connectivity index is 1.62. The van der Waals surface area contributed by atoms with Crippen LogP contribution in [0.15, 0.2) is 84.9 Å². The van der Waals surface area contributed by atoms with Crippen molar-refractivity contribution in [3.63, 3.8) is 0 Å². The molecule has 0 saturated carbocycles. The highest BCUT2D eigenvalue weighted by Crippen LogP contribution is 2.21. The number of urea groups is 1. The second-order valence-electron chi connectivity index (χ2n) is 6.46. The van der Waals surface area contributed by atoms with Crippen molar-refractivity contribution in [2.75, 3.05) is 11.9 Å². The number of hydrogen-bond donors (Lipinski definition) is 3. The molecule has 3 rings (SSSR count). The van der Waals surface area contributed by atoms with E-state index in [9.17, 15) is 14.4 Å². The van der Waals surface area contributed by atoms with Crippen LogP contribution in [0.25, 0.3) is 0 Å². The number of ether oxygens (including phenoxy) is 1. The first-order valence-corrected chi connectivity index (χ1v) is 9.26. The molecular formula is C23H21N3O4. The average Bonchev–Trinajstić information content (AvgIpc) is 2.77. The average molecular weight is 403 g/mol. The topological polar surface area (TPSA) is 111 Å². The van der Waals surface area contributed by atoms with Crippen molar-refractivity contribution in [1.82, 2.24) is 5.32 Å². The molecule has 0 spiro atoms. The standard InChI is InChI=1S/C23H21N3O4/c24-23(29)25-19-13-11-18(12-14-19)22(28)30-15-20(27)26-21(16-7-3-1-4-8-16)17-9-5-2-6-10-17/h1-14,21H,15H2,(H,26,27)(H3,24,25,29). The first kappa shape index (κ1) is 20.6. The van der Waals surface area contributed by atoms with Gasteiger partial charge in [-0.3, -0.25) is 4.79 Å². The van der Waals surface area contributed by atoms with Crippen molar-refractivity contribution in [1.29, 1.82) is 0 Å². The molecule has 0 saturated heterocycles. The number of carbonyl (C=O) groups is 3. The number of nitrogens with two attached hydrogens (primary N) is 1. The van der Waals surface area contributed by atoms with Crippen LogP contribution in [0.2, 0.25) is 0 Å². The van der Waals surface area contributed by atoms with Crippen LogP contribution < -0.4 is 16.4 Å². The third-order valence-electron chi connectivity index (χ3n) is 4.29. The highest BCUT2D eigenvalue weighted by molar-refractivity contribution is 5.93. The van der Waals surface area contributed by atoms with Crippen molar-refractivity contribution in [2.24, 2.45) is 5.73 Å².